The predicted molar refractivity (Wildman–Crippen MR) is 118 cm³/mol. The molecule has 2 aromatic carbocycles. The van der Waals surface area contributed by atoms with Gasteiger partial charge in [0.2, 0.25) is 5.91 Å². The summed E-state index contributed by atoms with van der Waals surface area (Å²) in [4.78, 5) is 17.5. The van der Waals surface area contributed by atoms with Crippen molar-refractivity contribution in [3.8, 4) is 5.69 Å². The molecule has 150 valence electrons. The summed E-state index contributed by atoms with van der Waals surface area (Å²) in [6, 6.07) is 13.5. The fourth-order valence-corrected chi connectivity index (χ4v) is 3.78. The van der Waals surface area contributed by atoms with Crippen LogP contribution in [0.1, 0.15) is 21.6 Å². The van der Waals surface area contributed by atoms with Crippen LogP contribution in [-0.4, -0.2) is 31.1 Å². The summed E-state index contributed by atoms with van der Waals surface area (Å²) in [5, 5.41) is 15.2. The van der Waals surface area contributed by atoms with Crippen LogP contribution in [0.15, 0.2) is 61.1 Å². The van der Waals surface area contributed by atoms with E-state index in [1.807, 2.05) is 49.4 Å². The minimum Gasteiger partial charge on any atom is -0.298 e. The molecular formula is C21H17ClN6OS. The second kappa shape index (κ2) is 8.98. The van der Waals surface area contributed by atoms with Gasteiger partial charge in [-0.15, -0.1) is 16.4 Å². The summed E-state index contributed by atoms with van der Waals surface area (Å²) >= 11 is 7.63. The van der Waals surface area contributed by atoms with Crippen molar-refractivity contribution in [1.29, 1.82) is 0 Å². The maximum atomic E-state index is 12.2. The molecule has 1 amide bonds. The Labute approximate surface area is 182 Å². The minimum absolute atomic E-state index is 0.237. The fourth-order valence-electron chi connectivity index (χ4n) is 2.73. The lowest BCUT2D eigenvalue weighted by molar-refractivity contribution is -0.111. The van der Waals surface area contributed by atoms with Gasteiger partial charge in [0, 0.05) is 28.6 Å². The summed E-state index contributed by atoms with van der Waals surface area (Å²) in [7, 11) is 0. The van der Waals surface area contributed by atoms with Gasteiger partial charge in [0.25, 0.3) is 0 Å². The zero-order chi connectivity index (χ0) is 20.9. The Morgan fingerprint density at radius 1 is 1.23 bits per heavy atom. The number of rotatable bonds is 6. The number of tetrazole rings is 1. The van der Waals surface area contributed by atoms with Gasteiger partial charge >= 0.3 is 0 Å². The lowest BCUT2D eigenvalue weighted by Crippen LogP contribution is -2.07. The van der Waals surface area contributed by atoms with Crippen LogP contribution >= 0.6 is 22.9 Å². The molecule has 0 spiro atoms. The fraction of sp³-hybridized carbons (Fsp3) is 0.0952. The number of carbonyl (C=O) groups is 1. The lowest BCUT2D eigenvalue weighted by Gasteiger charge is -2.02. The van der Waals surface area contributed by atoms with Crippen molar-refractivity contribution < 1.29 is 4.79 Å². The highest BCUT2D eigenvalue weighted by Crippen LogP contribution is 2.24. The van der Waals surface area contributed by atoms with Crippen LogP contribution in [0.3, 0.4) is 0 Å². The number of hydrogen-bond acceptors (Lipinski definition) is 6. The van der Waals surface area contributed by atoms with E-state index in [0.29, 0.717) is 5.13 Å². The molecule has 0 unspecified atom stereocenters. The van der Waals surface area contributed by atoms with E-state index in [1.165, 1.54) is 23.7 Å². The van der Waals surface area contributed by atoms with Crippen molar-refractivity contribution in [1.82, 2.24) is 25.2 Å². The highest BCUT2D eigenvalue weighted by Gasteiger charge is 2.07. The molecule has 0 aliphatic heterocycles. The average Bonchev–Trinajstić information content (AvgIpc) is 3.42. The lowest BCUT2D eigenvalue weighted by atomic mass is 10.1. The first kappa shape index (κ1) is 19.9. The molecule has 4 aromatic rings. The van der Waals surface area contributed by atoms with Gasteiger partial charge < -0.3 is 0 Å². The number of aryl methyl sites for hydroxylation is 1. The van der Waals surface area contributed by atoms with Crippen molar-refractivity contribution >= 4 is 40.1 Å². The van der Waals surface area contributed by atoms with Crippen LogP contribution in [0.2, 0.25) is 5.02 Å². The largest absolute Gasteiger partial charge is 0.298 e. The number of carbonyl (C=O) groups excluding carboxylic acids is 1. The van der Waals surface area contributed by atoms with E-state index < -0.39 is 0 Å². The van der Waals surface area contributed by atoms with Crippen LogP contribution in [0, 0.1) is 6.92 Å². The van der Waals surface area contributed by atoms with Gasteiger partial charge in [-0.05, 0) is 58.3 Å². The molecule has 2 aromatic heterocycles. The van der Waals surface area contributed by atoms with E-state index in [-0.39, 0.29) is 5.91 Å². The number of aromatic nitrogens is 5. The topological polar surface area (TPSA) is 85.6 Å². The maximum Gasteiger partial charge on any atom is 0.250 e. The molecule has 0 aliphatic rings. The second-order valence-corrected chi connectivity index (χ2v) is 8.08. The molecule has 30 heavy (non-hydrogen) atoms. The van der Waals surface area contributed by atoms with Gasteiger partial charge in [-0.1, -0.05) is 35.9 Å². The number of anilines is 1. The van der Waals surface area contributed by atoms with Gasteiger partial charge in [-0.3, -0.25) is 10.1 Å². The van der Waals surface area contributed by atoms with E-state index in [2.05, 4.69) is 25.8 Å². The first-order valence-corrected chi connectivity index (χ1v) is 10.3. The highest BCUT2D eigenvalue weighted by molar-refractivity contribution is 7.15. The van der Waals surface area contributed by atoms with Gasteiger partial charge in [0.05, 0.1) is 5.69 Å². The van der Waals surface area contributed by atoms with E-state index in [4.69, 9.17) is 11.6 Å². The zero-order valence-electron chi connectivity index (χ0n) is 16.0. The monoisotopic (exact) mass is 436 g/mol. The molecular weight excluding hydrogens is 420 g/mol. The number of amides is 1. The van der Waals surface area contributed by atoms with Crippen molar-refractivity contribution in [3.05, 3.63) is 87.7 Å². The normalized spacial score (nSPS) is 11.1. The predicted octanol–water partition coefficient (Wildman–Crippen LogP) is 4.32. The Morgan fingerprint density at radius 2 is 2.07 bits per heavy atom. The Morgan fingerprint density at radius 3 is 2.80 bits per heavy atom. The Balaban J connectivity index is 1.34. The Kier molecular flexibility index (Phi) is 5.97. The van der Waals surface area contributed by atoms with Crippen LogP contribution in [0.5, 0.6) is 0 Å². The number of hydrogen-bond donors (Lipinski definition) is 1. The number of halogens is 1. The molecule has 0 bridgehead atoms. The number of thiazole rings is 1. The van der Waals surface area contributed by atoms with Crippen molar-refractivity contribution in [2.24, 2.45) is 0 Å². The molecule has 9 heteroatoms. The Bertz CT molecular complexity index is 1180. The standard InChI is InChI=1S/C21H17ClN6OS/c1-14-2-3-16(11-19(14)22)10-18-12-23-21(30-18)25-20(29)9-6-15-4-7-17(8-5-15)28-13-24-26-27-28/h2-9,11-13H,10H2,1H3,(H,23,25,29)/b9-6+. The van der Waals surface area contributed by atoms with Crippen molar-refractivity contribution in [2.75, 3.05) is 5.32 Å². The van der Waals surface area contributed by atoms with E-state index in [9.17, 15) is 4.79 Å². The van der Waals surface area contributed by atoms with Crippen LogP contribution in [-0.2, 0) is 11.2 Å². The molecule has 1 N–H and O–H groups in total. The third-order valence-corrected chi connectivity index (χ3v) is 5.65. The van der Waals surface area contributed by atoms with Gasteiger partial charge in [-0.2, -0.15) is 0 Å². The number of benzene rings is 2. The SMILES string of the molecule is Cc1ccc(Cc2cnc(NC(=O)/C=C/c3ccc(-n4cnnn4)cc3)s2)cc1Cl. The molecule has 0 fully saturated rings. The third-order valence-electron chi connectivity index (χ3n) is 4.33. The third kappa shape index (κ3) is 4.97. The first-order valence-electron chi connectivity index (χ1n) is 9.09. The molecule has 0 saturated carbocycles. The van der Waals surface area contributed by atoms with Crippen molar-refractivity contribution in [3.63, 3.8) is 0 Å². The average molecular weight is 437 g/mol. The first-order chi connectivity index (χ1) is 14.6. The summed E-state index contributed by atoms with van der Waals surface area (Å²) in [6.45, 7) is 1.97. The number of nitrogens with zero attached hydrogens (tertiary/aromatic N) is 5. The smallest absolute Gasteiger partial charge is 0.250 e. The summed E-state index contributed by atoms with van der Waals surface area (Å²) in [5.74, 6) is -0.237. The van der Waals surface area contributed by atoms with Gasteiger partial charge in [0.15, 0.2) is 5.13 Å². The molecule has 0 aliphatic carbocycles. The molecule has 0 atom stereocenters. The Hall–Kier alpha value is -3.36. The molecule has 0 radical (unpaired) electrons. The maximum absolute atomic E-state index is 12.2. The zero-order valence-corrected chi connectivity index (χ0v) is 17.6. The summed E-state index contributed by atoms with van der Waals surface area (Å²) < 4.78 is 1.56. The van der Waals surface area contributed by atoms with Gasteiger partial charge in [0.1, 0.15) is 6.33 Å². The minimum atomic E-state index is -0.237. The molecule has 4 rings (SSSR count). The summed E-state index contributed by atoms with van der Waals surface area (Å²) in [5.41, 5.74) is 3.89. The second-order valence-electron chi connectivity index (χ2n) is 6.56. The van der Waals surface area contributed by atoms with Crippen LogP contribution in [0.25, 0.3) is 11.8 Å². The summed E-state index contributed by atoms with van der Waals surface area (Å²) in [6.07, 6.45) is 7.23. The van der Waals surface area contributed by atoms with Crippen molar-refractivity contribution in [2.45, 2.75) is 13.3 Å². The molecule has 0 saturated heterocycles. The van der Waals surface area contributed by atoms with Crippen LogP contribution in [0.4, 0.5) is 5.13 Å². The van der Waals surface area contributed by atoms with Crippen LogP contribution < -0.4 is 5.32 Å². The van der Waals surface area contributed by atoms with E-state index >= 15 is 0 Å². The molecule has 2 heterocycles. The van der Waals surface area contributed by atoms with Gasteiger partial charge in [-0.25, -0.2) is 9.67 Å². The van der Waals surface area contributed by atoms with E-state index in [0.717, 1.165) is 38.7 Å². The molecule has 7 nitrogen and oxygen atoms in total. The quantitative estimate of drug-likeness (QED) is 0.455. The number of nitrogens with one attached hydrogen (secondary N) is 1. The highest BCUT2D eigenvalue weighted by atomic mass is 35.5. The van der Waals surface area contributed by atoms with E-state index in [1.54, 1.807) is 17.0 Å².